The third-order valence-corrected chi connectivity index (χ3v) is 3.02. The number of nitrogen functional groups attached to an aromatic ring is 1. The molecule has 104 valence electrons. The quantitative estimate of drug-likeness (QED) is 0.456. The lowest BCUT2D eigenvalue weighted by Gasteiger charge is -2.42. The largest absolute Gasteiger partial charge is 0.377 e. The summed E-state index contributed by atoms with van der Waals surface area (Å²) in [6.07, 6.45) is 1.25. The van der Waals surface area contributed by atoms with Crippen LogP contribution in [0.25, 0.3) is 0 Å². The molecule has 2 heterocycles. The summed E-state index contributed by atoms with van der Waals surface area (Å²) in [5.74, 6) is 5.52. The van der Waals surface area contributed by atoms with Crippen LogP contribution >= 0.6 is 0 Å². The number of hydrogen-bond acceptors (Lipinski definition) is 8. The Hall–Kier alpha value is -2.00. The van der Waals surface area contributed by atoms with Crippen LogP contribution in [0.2, 0.25) is 0 Å². The summed E-state index contributed by atoms with van der Waals surface area (Å²) < 4.78 is 5.40. The molecule has 0 aliphatic carbocycles. The number of hydrogen-bond donors (Lipinski definition) is 2. The van der Waals surface area contributed by atoms with Gasteiger partial charge in [0.2, 0.25) is 11.6 Å². The van der Waals surface area contributed by atoms with Gasteiger partial charge >= 0.3 is 5.69 Å². The van der Waals surface area contributed by atoms with Gasteiger partial charge in [0.25, 0.3) is 0 Å². The van der Waals surface area contributed by atoms with Gasteiger partial charge in [0.05, 0.1) is 23.7 Å². The summed E-state index contributed by atoms with van der Waals surface area (Å²) in [6.45, 7) is 5.37. The summed E-state index contributed by atoms with van der Waals surface area (Å²) >= 11 is 0. The Morgan fingerprint density at radius 2 is 2.32 bits per heavy atom. The molecule has 1 aliphatic rings. The molecular weight excluding hydrogens is 252 g/mol. The number of ether oxygens (including phenoxy) is 1. The molecule has 19 heavy (non-hydrogen) atoms. The molecular formula is C10H16N6O3. The number of nitrogens with two attached hydrogens (primary N) is 1. The first-order chi connectivity index (χ1) is 8.97. The van der Waals surface area contributed by atoms with Crippen LogP contribution in [0.4, 0.5) is 17.3 Å². The summed E-state index contributed by atoms with van der Waals surface area (Å²) in [5.41, 5.74) is 1.63. The Morgan fingerprint density at radius 1 is 1.58 bits per heavy atom. The predicted octanol–water partition coefficient (Wildman–Crippen LogP) is 0.286. The van der Waals surface area contributed by atoms with Crippen molar-refractivity contribution >= 4 is 17.3 Å². The second-order valence-corrected chi connectivity index (χ2v) is 4.81. The van der Waals surface area contributed by atoms with E-state index >= 15 is 0 Å². The number of nitrogens with zero attached hydrogens (tertiary/aromatic N) is 4. The number of morpholine rings is 1. The smallest absolute Gasteiger partial charge is 0.354 e. The minimum atomic E-state index is -0.532. The lowest BCUT2D eigenvalue weighted by molar-refractivity contribution is -0.383. The van der Waals surface area contributed by atoms with Gasteiger partial charge in [0, 0.05) is 6.54 Å². The third-order valence-electron chi connectivity index (χ3n) is 3.02. The van der Waals surface area contributed by atoms with E-state index in [2.05, 4.69) is 15.4 Å². The molecule has 1 saturated heterocycles. The van der Waals surface area contributed by atoms with Gasteiger partial charge < -0.3 is 15.1 Å². The summed E-state index contributed by atoms with van der Waals surface area (Å²) in [7, 11) is 0. The van der Waals surface area contributed by atoms with Gasteiger partial charge in [-0.25, -0.2) is 15.8 Å². The van der Waals surface area contributed by atoms with Crippen LogP contribution < -0.4 is 16.2 Å². The van der Waals surface area contributed by atoms with Crippen molar-refractivity contribution in [2.45, 2.75) is 19.4 Å². The van der Waals surface area contributed by atoms with Crippen molar-refractivity contribution in [3.8, 4) is 0 Å². The fraction of sp³-hybridized carbons (Fsp3) is 0.600. The lowest BCUT2D eigenvalue weighted by Crippen LogP contribution is -2.53. The predicted molar refractivity (Wildman–Crippen MR) is 68.7 cm³/mol. The number of aromatic nitrogens is 2. The summed E-state index contributed by atoms with van der Waals surface area (Å²) in [4.78, 5) is 20.4. The molecule has 9 heteroatoms. The SMILES string of the molecule is CC1(C)COCCN1c1ncnc(NN)c1[N+](=O)[O-]. The molecule has 0 amide bonds. The van der Waals surface area contributed by atoms with Gasteiger partial charge in [-0.1, -0.05) is 0 Å². The second-order valence-electron chi connectivity index (χ2n) is 4.81. The van der Waals surface area contributed by atoms with E-state index in [1.165, 1.54) is 6.33 Å². The van der Waals surface area contributed by atoms with E-state index < -0.39 is 4.92 Å². The van der Waals surface area contributed by atoms with Gasteiger partial charge in [0.15, 0.2) is 0 Å². The van der Waals surface area contributed by atoms with Crippen molar-refractivity contribution in [3.05, 3.63) is 16.4 Å². The van der Waals surface area contributed by atoms with Crippen LogP contribution in [0, 0.1) is 10.1 Å². The first-order valence-electron chi connectivity index (χ1n) is 5.79. The monoisotopic (exact) mass is 268 g/mol. The Labute approximate surface area is 109 Å². The molecule has 0 spiro atoms. The number of nitro groups is 1. The summed E-state index contributed by atoms with van der Waals surface area (Å²) in [6, 6.07) is 0. The van der Waals surface area contributed by atoms with Crippen LogP contribution in [-0.4, -0.2) is 40.2 Å². The van der Waals surface area contributed by atoms with Crippen LogP contribution in [-0.2, 0) is 4.74 Å². The van der Waals surface area contributed by atoms with Gasteiger partial charge in [-0.3, -0.25) is 10.1 Å². The molecule has 1 aromatic rings. The Kier molecular flexibility index (Phi) is 3.49. The molecule has 0 unspecified atom stereocenters. The van der Waals surface area contributed by atoms with Crippen molar-refractivity contribution in [3.63, 3.8) is 0 Å². The zero-order chi connectivity index (χ0) is 14.0. The zero-order valence-electron chi connectivity index (χ0n) is 10.8. The summed E-state index contributed by atoms with van der Waals surface area (Å²) in [5, 5.41) is 11.2. The minimum absolute atomic E-state index is 0.00251. The fourth-order valence-electron chi connectivity index (χ4n) is 2.09. The zero-order valence-corrected chi connectivity index (χ0v) is 10.8. The third kappa shape index (κ3) is 2.42. The highest BCUT2D eigenvalue weighted by atomic mass is 16.6. The van der Waals surface area contributed by atoms with E-state index in [-0.39, 0.29) is 22.9 Å². The number of rotatable bonds is 3. The van der Waals surface area contributed by atoms with E-state index in [0.29, 0.717) is 19.8 Å². The highest BCUT2D eigenvalue weighted by Crippen LogP contribution is 2.35. The van der Waals surface area contributed by atoms with Gasteiger partial charge in [-0.2, -0.15) is 0 Å². The number of anilines is 2. The maximum absolute atomic E-state index is 11.2. The molecule has 1 fully saturated rings. The second kappa shape index (κ2) is 4.94. The lowest BCUT2D eigenvalue weighted by atomic mass is 10.0. The highest BCUT2D eigenvalue weighted by Gasteiger charge is 2.37. The van der Waals surface area contributed by atoms with E-state index in [1.807, 2.05) is 18.7 Å². The van der Waals surface area contributed by atoms with Gasteiger partial charge in [-0.15, -0.1) is 0 Å². The molecule has 1 aliphatic heterocycles. The molecule has 0 aromatic carbocycles. The minimum Gasteiger partial charge on any atom is -0.377 e. The fourth-order valence-corrected chi connectivity index (χ4v) is 2.09. The van der Waals surface area contributed by atoms with E-state index in [4.69, 9.17) is 10.6 Å². The molecule has 0 atom stereocenters. The van der Waals surface area contributed by atoms with Crippen molar-refractivity contribution < 1.29 is 9.66 Å². The Morgan fingerprint density at radius 3 is 2.89 bits per heavy atom. The van der Waals surface area contributed by atoms with E-state index in [9.17, 15) is 10.1 Å². The van der Waals surface area contributed by atoms with Crippen LogP contribution in [0.3, 0.4) is 0 Å². The van der Waals surface area contributed by atoms with Crippen LogP contribution in [0.5, 0.6) is 0 Å². The highest BCUT2D eigenvalue weighted by molar-refractivity contribution is 5.70. The number of hydrazine groups is 1. The van der Waals surface area contributed by atoms with Gasteiger partial charge in [-0.05, 0) is 13.8 Å². The van der Waals surface area contributed by atoms with E-state index in [0.717, 1.165) is 0 Å². The Balaban J connectivity index is 2.52. The maximum Gasteiger partial charge on any atom is 0.354 e. The van der Waals surface area contributed by atoms with Gasteiger partial charge in [0.1, 0.15) is 6.33 Å². The molecule has 9 nitrogen and oxygen atoms in total. The van der Waals surface area contributed by atoms with Crippen molar-refractivity contribution in [1.82, 2.24) is 9.97 Å². The Bertz CT molecular complexity index is 492. The molecule has 1 aromatic heterocycles. The van der Waals surface area contributed by atoms with Crippen molar-refractivity contribution in [1.29, 1.82) is 0 Å². The van der Waals surface area contributed by atoms with Crippen LogP contribution in [0.1, 0.15) is 13.8 Å². The molecule has 0 radical (unpaired) electrons. The molecule has 2 rings (SSSR count). The van der Waals surface area contributed by atoms with Crippen molar-refractivity contribution in [2.24, 2.45) is 5.84 Å². The van der Waals surface area contributed by atoms with E-state index in [1.54, 1.807) is 0 Å². The average molecular weight is 268 g/mol. The number of nitrogens with one attached hydrogen (secondary N) is 1. The van der Waals surface area contributed by atoms with Crippen LogP contribution in [0.15, 0.2) is 6.33 Å². The van der Waals surface area contributed by atoms with Crippen molar-refractivity contribution in [2.75, 3.05) is 30.1 Å². The first kappa shape index (κ1) is 13.4. The first-order valence-corrected chi connectivity index (χ1v) is 5.79. The average Bonchev–Trinajstić information content (AvgIpc) is 2.37. The molecule has 0 saturated carbocycles. The maximum atomic E-state index is 11.2. The molecule has 3 N–H and O–H groups in total. The topological polar surface area (TPSA) is 119 Å². The standard InChI is InChI=1S/C10H16N6O3/c1-10(2)5-19-4-3-15(10)9-7(16(17)18)8(14-11)12-6-13-9/h6H,3-5,11H2,1-2H3,(H,12,13,14). The molecule has 0 bridgehead atoms. The normalized spacial score (nSPS) is 18.2.